The molecular weight excluding hydrogens is 440 g/mol. The molecular formula is C22H17ClN2O5S. The number of hydrogen-bond acceptors (Lipinski definition) is 5. The molecule has 7 nitrogen and oxygen atoms in total. The van der Waals surface area contributed by atoms with Crippen molar-refractivity contribution in [2.24, 2.45) is 0 Å². The highest BCUT2D eigenvalue weighted by molar-refractivity contribution is 7.90. The molecule has 9 heteroatoms. The smallest absolute Gasteiger partial charge is 0.269 e. The molecule has 0 unspecified atom stereocenters. The average molecular weight is 457 g/mol. The summed E-state index contributed by atoms with van der Waals surface area (Å²) in [5.41, 5.74) is 0.632. The van der Waals surface area contributed by atoms with Crippen LogP contribution in [0.3, 0.4) is 0 Å². The number of benzene rings is 3. The summed E-state index contributed by atoms with van der Waals surface area (Å²) in [6.07, 6.45) is -0.170. The first-order valence-corrected chi connectivity index (χ1v) is 11.2. The zero-order valence-electron chi connectivity index (χ0n) is 16.1. The highest BCUT2D eigenvalue weighted by Gasteiger charge is 2.40. The van der Waals surface area contributed by atoms with E-state index in [-0.39, 0.29) is 23.4 Å². The second-order valence-corrected chi connectivity index (χ2v) is 8.97. The standard InChI is InChI=1S/C22H17ClN2O5S/c23-18-6-2-3-7-19(18)30-16-11-9-15(10-12-16)24-21(26)13-14-25-22(27)17-5-1-4-8-20(17)31(25,28)29/h1-12H,13-14H2,(H,24,26). The fraction of sp³-hybridized carbons (Fsp3) is 0.0909. The van der Waals surface area contributed by atoms with Crippen molar-refractivity contribution in [2.75, 3.05) is 11.9 Å². The third-order valence-electron chi connectivity index (χ3n) is 4.66. The van der Waals surface area contributed by atoms with E-state index in [4.69, 9.17) is 16.3 Å². The molecule has 0 saturated carbocycles. The fourth-order valence-electron chi connectivity index (χ4n) is 3.14. The van der Waals surface area contributed by atoms with E-state index in [0.29, 0.717) is 22.2 Å². The number of sulfonamides is 1. The molecule has 3 aromatic carbocycles. The third kappa shape index (κ3) is 4.26. The monoisotopic (exact) mass is 456 g/mol. The van der Waals surface area contributed by atoms with E-state index in [1.807, 2.05) is 0 Å². The van der Waals surface area contributed by atoms with Gasteiger partial charge in [-0.3, -0.25) is 9.59 Å². The largest absolute Gasteiger partial charge is 0.456 e. The van der Waals surface area contributed by atoms with E-state index in [1.165, 1.54) is 12.1 Å². The third-order valence-corrected chi connectivity index (χ3v) is 6.81. The molecule has 31 heavy (non-hydrogen) atoms. The average Bonchev–Trinajstić information content (AvgIpc) is 2.95. The summed E-state index contributed by atoms with van der Waals surface area (Å²) >= 11 is 6.07. The number of halogens is 1. The molecule has 0 saturated heterocycles. The molecule has 0 fully saturated rings. The second kappa shape index (κ2) is 8.41. The summed E-state index contributed by atoms with van der Waals surface area (Å²) in [6, 6.07) is 19.7. The van der Waals surface area contributed by atoms with Crippen molar-refractivity contribution in [3.8, 4) is 11.5 Å². The van der Waals surface area contributed by atoms with Gasteiger partial charge in [0.2, 0.25) is 5.91 Å². The summed E-state index contributed by atoms with van der Waals surface area (Å²) in [4.78, 5) is 24.6. The van der Waals surface area contributed by atoms with Crippen molar-refractivity contribution >= 4 is 39.1 Å². The first kappa shape index (κ1) is 20.9. The minimum Gasteiger partial charge on any atom is -0.456 e. The van der Waals surface area contributed by atoms with Gasteiger partial charge < -0.3 is 10.1 Å². The molecule has 0 aliphatic carbocycles. The lowest BCUT2D eigenvalue weighted by Gasteiger charge is -2.15. The Morgan fingerprint density at radius 2 is 1.65 bits per heavy atom. The summed E-state index contributed by atoms with van der Waals surface area (Å²) in [5, 5.41) is 3.16. The van der Waals surface area contributed by atoms with Crippen LogP contribution >= 0.6 is 11.6 Å². The number of nitrogens with one attached hydrogen (secondary N) is 1. The van der Waals surface area contributed by atoms with Gasteiger partial charge in [-0.15, -0.1) is 0 Å². The highest BCUT2D eigenvalue weighted by atomic mass is 35.5. The quantitative estimate of drug-likeness (QED) is 0.596. The van der Waals surface area contributed by atoms with Crippen molar-refractivity contribution < 1.29 is 22.7 Å². The van der Waals surface area contributed by atoms with Gasteiger partial charge in [0.1, 0.15) is 16.4 Å². The Hall–Kier alpha value is -3.36. The van der Waals surface area contributed by atoms with Gasteiger partial charge >= 0.3 is 0 Å². The molecule has 4 rings (SSSR count). The number of para-hydroxylation sites is 1. The van der Waals surface area contributed by atoms with Gasteiger partial charge in [-0.25, -0.2) is 12.7 Å². The van der Waals surface area contributed by atoms with Gasteiger partial charge in [0, 0.05) is 18.7 Å². The number of nitrogens with zero attached hydrogens (tertiary/aromatic N) is 1. The lowest BCUT2D eigenvalue weighted by Crippen LogP contribution is -2.33. The Morgan fingerprint density at radius 3 is 2.35 bits per heavy atom. The molecule has 0 atom stereocenters. The number of anilines is 1. The highest BCUT2D eigenvalue weighted by Crippen LogP contribution is 2.31. The van der Waals surface area contributed by atoms with Gasteiger partial charge in [0.25, 0.3) is 15.9 Å². The Bertz CT molecular complexity index is 1260. The van der Waals surface area contributed by atoms with Crippen LogP contribution in [-0.4, -0.2) is 31.1 Å². The van der Waals surface area contributed by atoms with Crippen LogP contribution in [0.15, 0.2) is 77.7 Å². The number of amides is 2. The maximum atomic E-state index is 12.5. The summed E-state index contributed by atoms with van der Waals surface area (Å²) in [6.45, 7) is -0.241. The number of carbonyl (C=O) groups is 2. The topological polar surface area (TPSA) is 92.8 Å². The fourth-order valence-corrected chi connectivity index (χ4v) is 4.88. The van der Waals surface area contributed by atoms with Crippen molar-refractivity contribution in [3.05, 3.63) is 83.4 Å². The number of ether oxygens (including phenoxy) is 1. The molecule has 0 spiro atoms. The van der Waals surface area contributed by atoms with E-state index in [9.17, 15) is 18.0 Å². The van der Waals surface area contributed by atoms with Crippen LogP contribution in [0.4, 0.5) is 5.69 Å². The lowest BCUT2D eigenvalue weighted by molar-refractivity contribution is -0.116. The van der Waals surface area contributed by atoms with E-state index in [2.05, 4.69) is 5.32 Å². The maximum absolute atomic E-state index is 12.5. The normalized spacial score (nSPS) is 14.2. The van der Waals surface area contributed by atoms with Crippen molar-refractivity contribution in [2.45, 2.75) is 11.3 Å². The van der Waals surface area contributed by atoms with Crippen LogP contribution in [0.1, 0.15) is 16.8 Å². The SMILES string of the molecule is O=C(CCN1C(=O)c2ccccc2S1(=O)=O)Nc1ccc(Oc2ccccc2Cl)cc1. The second-order valence-electron chi connectivity index (χ2n) is 6.73. The number of carbonyl (C=O) groups excluding carboxylic acids is 2. The van der Waals surface area contributed by atoms with Gasteiger partial charge in [-0.05, 0) is 48.5 Å². The van der Waals surface area contributed by atoms with E-state index < -0.39 is 21.8 Å². The lowest BCUT2D eigenvalue weighted by atomic mass is 10.2. The molecule has 0 bridgehead atoms. The minimum absolute atomic E-state index is 0.0329. The van der Waals surface area contributed by atoms with Crippen LogP contribution < -0.4 is 10.1 Å². The minimum atomic E-state index is -3.93. The van der Waals surface area contributed by atoms with Gasteiger partial charge in [-0.2, -0.15) is 0 Å². The zero-order chi connectivity index (χ0) is 22.0. The Kier molecular flexibility index (Phi) is 5.67. The van der Waals surface area contributed by atoms with Gasteiger partial charge in [-0.1, -0.05) is 35.9 Å². The van der Waals surface area contributed by atoms with Crippen molar-refractivity contribution in [3.63, 3.8) is 0 Å². The molecule has 1 N–H and O–H groups in total. The number of fused-ring (bicyclic) bond motifs is 1. The molecule has 1 aliphatic rings. The molecule has 3 aromatic rings. The molecule has 0 aromatic heterocycles. The summed E-state index contributed by atoms with van der Waals surface area (Å²) in [5.74, 6) is 0.0132. The van der Waals surface area contributed by atoms with Crippen LogP contribution in [-0.2, 0) is 14.8 Å². The molecule has 158 valence electrons. The summed E-state index contributed by atoms with van der Waals surface area (Å²) in [7, 11) is -3.93. The first-order valence-electron chi connectivity index (χ1n) is 9.34. The van der Waals surface area contributed by atoms with Crippen LogP contribution in [0, 0.1) is 0 Å². The van der Waals surface area contributed by atoms with E-state index >= 15 is 0 Å². The van der Waals surface area contributed by atoms with Crippen LogP contribution in [0.5, 0.6) is 11.5 Å². The van der Waals surface area contributed by atoms with Crippen molar-refractivity contribution in [1.82, 2.24) is 4.31 Å². The predicted octanol–water partition coefficient (Wildman–Crippen LogP) is 4.31. The van der Waals surface area contributed by atoms with Crippen molar-refractivity contribution in [1.29, 1.82) is 0 Å². The Labute approximate surface area is 184 Å². The van der Waals surface area contributed by atoms with E-state index in [0.717, 1.165) is 4.31 Å². The Morgan fingerprint density at radius 1 is 0.968 bits per heavy atom. The van der Waals surface area contributed by atoms with E-state index in [1.54, 1.807) is 60.7 Å². The number of hydrogen-bond donors (Lipinski definition) is 1. The molecule has 1 aliphatic heterocycles. The van der Waals surface area contributed by atoms with Crippen LogP contribution in [0.25, 0.3) is 0 Å². The van der Waals surface area contributed by atoms with Gasteiger partial charge in [0.05, 0.1) is 10.6 Å². The number of rotatable bonds is 6. The maximum Gasteiger partial charge on any atom is 0.269 e. The first-order chi connectivity index (χ1) is 14.9. The Balaban J connectivity index is 1.35. The summed E-state index contributed by atoms with van der Waals surface area (Å²) < 4.78 is 31.5. The molecule has 1 heterocycles. The van der Waals surface area contributed by atoms with Gasteiger partial charge in [0.15, 0.2) is 0 Å². The predicted molar refractivity (Wildman–Crippen MR) is 116 cm³/mol. The molecule has 2 amide bonds. The zero-order valence-corrected chi connectivity index (χ0v) is 17.7. The van der Waals surface area contributed by atoms with Crippen LogP contribution in [0.2, 0.25) is 5.02 Å². The molecule has 0 radical (unpaired) electrons.